The number of phosphoric acid groups is 1. The molecule has 0 bridgehead atoms. The quantitative estimate of drug-likeness (QED) is 0.418. The summed E-state index contributed by atoms with van der Waals surface area (Å²) in [5.74, 6) is 0.745. The summed E-state index contributed by atoms with van der Waals surface area (Å²) in [4.78, 5) is 0. The van der Waals surface area contributed by atoms with Crippen LogP contribution in [0.3, 0.4) is 0 Å². The summed E-state index contributed by atoms with van der Waals surface area (Å²) in [7, 11) is 2.20. The molecule has 1 aromatic rings. The van der Waals surface area contributed by atoms with Crippen LogP contribution in [0, 0.1) is 0 Å². The number of hydrogen-bond acceptors (Lipinski definition) is 5. The van der Waals surface area contributed by atoms with Crippen molar-refractivity contribution in [3.63, 3.8) is 0 Å². The van der Waals surface area contributed by atoms with Crippen molar-refractivity contribution >= 4 is 18.3 Å². The molecule has 18 heavy (non-hydrogen) atoms. The van der Waals surface area contributed by atoms with Crippen molar-refractivity contribution in [1.82, 2.24) is 0 Å². The van der Waals surface area contributed by atoms with Gasteiger partial charge in [-0.3, -0.25) is 13.6 Å². The molecule has 1 aromatic carbocycles. The number of aryl methyl sites for hydroxylation is 1. The lowest BCUT2D eigenvalue weighted by atomic mass is 10.1. The van der Waals surface area contributed by atoms with Crippen LogP contribution in [0.15, 0.2) is 24.3 Å². The van der Waals surface area contributed by atoms with Crippen molar-refractivity contribution in [3.8, 4) is 5.75 Å². The van der Waals surface area contributed by atoms with Gasteiger partial charge in [0.15, 0.2) is 0 Å². The highest BCUT2D eigenvalue weighted by atomic mass is 31.2. The molecule has 0 fully saturated rings. The summed E-state index contributed by atoms with van der Waals surface area (Å²) in [5, 5.41) is 0. The van der Waals surface area contributed by atoms with Gasteiger partial charge in [-0.15, -0.1) is 0 Å². The zero-order chi connectivity index (χ0) is 13.4. The molecule has 0 saturated carbocycles. The van der Waals surface area contributed by atoms with Crippen LogP contribution in [0.4, 0.5) is 0 Å². The van der Waals surface area contributed by atoms with Gasteiger partial charge in [-0.2, -0.15) is 0 Å². The molecular formula is C11H16O5PSi. The summed E-state index contributed by atoms with van der Waals surface area (Å²) in [6.07, 6.45) is 1.54. The second kappa shape index (κ2) is 7.71. The lowest BCUT2D eigenvalue weighted by molar-refractivity contribution is 0.151. The normalized spacial score (nSPS) is 11.5. The van der Waals surface area contributed by atoms with E-state index >= 15 is 0 Å². The van der Waals surface area contributed by atoms with Gasteiger partial charge in [0.25, 0.3) is 0 Å². The maximum atomic E-state index is 11.6. The molecule has 99 valence electrons. The Hall–Kier alpha value is -0.653. The molecule has 0 aromatic heterocycles. The highest BCUT2D eigenvalue weighted by Gasteiger charge is 2.21. The number of phosphoric ester groups is 1. The standard InChI is InChI=1S/C11H16O5PSi/c1-13-17(12,14-2)15-9-3-4-10-5-7-11(16-18)8-6-10/h5-8H,3-4,9H2,1-2H3. The third-order valence-electron chi connectivity index (χ3n) is 2.35. The average molecular weight is 287 g/mol. The van der Waals surface area contributed by atoms with Crippen LogP contribution >= 0.6 is 7.82 Å². The van der Waals surface area contributed by atoms with Crippen molar-refractivity contribution in [2.45, 2.75) is 12.8 Å². The van der Waals surface area contributed by atoms with E-state index in [1.165, 1.54) is 14.2 Å². The maximum Gasteiger partial charge on any atom is 0.474 e. The molecule has 1 rings (SSSR count). The Morgan fingerprint density at radius 3 is 2.28 bits per heavy atom. The van der Waals surface area contributed by atoms with Crippen LogP contribution in [0.5, 0.6) is 5.75 Å². The smallest absolute Gasteiger partial charge is 0.474 e. The molecule has 0 amide bonds. The molecule has 0 heterocycles. The molecule has 3 radical (unpaired) electrons. The topological polar surface area (TPSA) is 54.0 Å². The van der Waals surface area contributed by atoms with Crippen LogP contribution in [-0.4, -0.2) is 31.3 Å². The van der Waals surface area contributed by atoms with Gasteiger partial charge in [0.2, 0.25) is 0 Å². The highest BCUT2D eigenvalue weighted by molar-refractivity contribution is 7.48. The SMILES string of the molecule is COP(=O)(OC)OCCCc1ccc(O[Si])cc1. The Labute approximate surface area is 111 Å². The minimum Gasteiger partial charge on any atom is -0.540 e. The fourth-order valence-corrected chi connectivity index (χ4v) is 2.21. The molecule has 0 aliphatic carbocycles. The van der Waals surface area contributed by atoms with Gasteiger partial charge in [0.05, 0.1) is 6.61 Å². The molecule has 5 nitrogen and oxygen atoms in total. The molecule has 0 aliphatic heterocycles. The van der Waals surface area contributed by atoms with E-state index in [4.69, 9.17) is 8.95 Å². The third kappa shape index (κ3) is 4.92. The van der Waals surface area contributed by atoms with Crippen molar-refractivity contribution in [1.29, 1.82) is 0 Å². The molecular weight excluding hydrogens is 271 g/mol. The Morgan fingerprint density at radius 2 is 1.78 bits per heavy atom. The van der Waals surface area contributed by atoms with E-state index in [2.05, 4.69) is 19.5 Å². The van der Waals surface area contributed by atoms with Gasteiger partial charge >= 0.3 is 18.3 Å². The molecule has 0 aliphatic rings. The second-order valence-corrected chi connectivity index (χ2v) is 5.58. The van der Waals surface area contributed by atoms with Crippen LogP contribution in [-0.2, 0) is 24.6 Å². The first-order valence-corrected chi connectivity index (χ1v) is 7.29. The van der Waals surface area contributed by atoms with E-state index in [1.807, 2.05) is 24.3 Å². The summed E-state index contributed by atoms with van der Waals surface area (Å²) in [6, 6.07) is 7.64. The lowest BCUT2D eigenvalue weighted by Gasteiger charge is -2.12. The first-order chi connectivity index (χ1) is 8.63. The summed E-state index contributed by atoms with van der Waals surface area (Å²) >= 11 is 0. The molecule has 0 spiro atoms. The Bertz CT molecular complexity index is 387. The van der Waals surface area contributed by atoms with Crippen LogP contribution in [0.25, 0.3) is 0 Å². The van der Waals surface area contributed by atoms with Crippen molar-refractivity contribution in [2.75, 3.05) is 20.8 Å². The average Bonchev–Trinajstić information content (AvgIpc) is 2.44. The predicted molar refractivity (Wildman–Crippen MR) is 68.7 cm³/mol. The van der Waals surface area contributed by atoms with Crippen molar-refractivity contribution in [3.05, 3.63) is 29.8 Å². The third-order valence-corrected chi connectivity index (χ3v) is 3.98. The Morgan fingerprint density at radius 1 is 1.17 bits per heavy atom. The summed E-state index contributed by atoms with van der Waals surface area (Å²) in [6.45, 7) is 0.315. The van der Waals surface area contributed by atoms with E-state index in [-0.39, 0.29) is 0 Å². The highest BCUT2D eigenvalue weighted by Crippen LogP contribution is 2.47. The first-order valence-electron chi connectivity index (χ1n) is 5.42. The van der Waals surface area contributed by atoms with Crippen LogP contribution < -0.4 is 4.43 Å². The molecule has 0 saturated heterocycles. The number of benzene rings is 1. The van der Waals surface area contributed by atoms with Gasteiger partial charge in [-0.1, -0.05) is 12.1 Å². The van der Waals surface area contributed by atoms with Crippen molar-refractivity contribution in [2.24, 2.45) is 0 Å². The monoisotopic (exact) mass is 287 g/mol. The summed E-state index contributed by atoms with van der Waals surface area (Å²) < 4.78 is 30.8. The lowest BCUT2D eigenvalue weighted by Crippen LogP contribution is -1.98. The molecule has 0 N–H and O–H groups in total. The van der Waals surface area contributed by atoms with E-state index in [1.54, 1.807) is 0 Å². The largest absolute Gasteiger partial charge is 0.540 e. The number of rotatable bonds is 8. The van der Waals surface area contributed by atoms with E-state index in [9.17, 15) is 4.57 Å². The zero-order valence-electron chi connectivity index (χ0n) is 10.4. The zero-order valence-corrected chi connectivity index (χ0v) is 12.3. The van der Waals surface area contributed by atoms with Gasteiger partial charge in [0.1, 0.15) is 5.75 Å². The Kier molecular flexibility index (Phi) is 6.60. The van der Waals surface area contributed by atoms with Crippen LogP contribution in [0.2, 0.25) is 0 Å². The number of hydrogen-bond donors (Lipinski definition) is 0. The molecule has 7 heteroatoms. The summed E-state index contributed by atoms with van der Waals surface area (Å²) in [5.41, 5.74) is 1.15. The van der Waals surface area contributed by atoms with Gasteiger partial charge in [-0.05, 0) is 30.5 Å². The van der Waals surface area contributed by atoms with E-state index in [0.717, 1.165) is 24.2 Å². The molecule has 0 unspecified atom stereocenters. The second-order valence-electron chi connectivity index (χ2n) is 3.50. The first kappa shape index (κ1) is 15.4. The fraction of sp³-hybridized carbons (Fsp3) is 0.455. The van der Waals surface area contributed by atoms with Gasteiger partial charge < -0.3 is 4.43 Å². The fourth-order valence-electron chi connectivity index (χ4n) is 1.36. The maximum absolute atomic E-state index is 11.6. The van der Waals surface area contributed by atoms with E-state index in [0.29, 0.717) is 6.61 Å². The minimum absolute atomic E-state index is 0.315. The Balaban J connectivity index is 2.31. The van der Waals surface area contributed by atoms with Crippen molar-refractivity contribution < 1.29 is 22.6 Å². The van der Waals surface area contributed by atoms with E-state index < -0.39 is 7.82 Å². The van der Waals surface area contributed by atoms with Gasteiger partial charge in [-0.25, -0.2) is 4.57 Å². The molecule has 0 atom stereocenters. The minimum atomic E-state index is -3.34. The van der Waals surface area contributed by atoms with Gasteiger partial charge in [0, 0.05) is 14.2 Å². The van der Waals surface area contributed by atoms with Crippen LogP contribution in [0.1, 0.15) is 12.0 Å². The predicted octanol–water partition coefficient (Wildman–Crippen LogP) is 2.50.